The summed E-state index contributed by atoms with van der Waals surface area (Å²) in [6, 6.07) is 4.60. The molecule has 0 fully saturated rings. The van der Waals surface area contributed by atoms with E-state index in [1.807, 2.05) is 0 Å². The number of aryl methyl sites for hydroxylation is 1. The van der Waals surface area contributed by atoms with Gasteiger partial charge in [0.05, 0.1) is 30.1 Å². The van der Waals surface area contributed by atoms with Crippen LogP contribution in [0.5, 0.6) is 0 Å². The third kappa shape index (κ3) is 3.01. The van der Waals surface area contributed by atoms with Crippen LogP contribution in [0.25, 0.3) is 0 Å². The molecule has 1 atom stereocenters. The van der Waals surface area contributed by atoms with Crippen molar-refractivity contribution in [3.63, 3.8) is 0 Å². The molecule has 0 aliphatic carbocycles. The molecule has 0 bridgehead atoms. The first-order chi connectivity index (χ1) is 7.97. The van der Waals surface area contributed by atoms with Crippen LogP contribution in [0.2, 0.25) is 0 Å². The molecule has 1 aromatic rings. The molecular formula is C11H13NO5. The summed E-state index contributed by atoms with van der Waals surface area (Å²) in [6.07, 6.45) is -1.54. The number of carbonyl (C=O) groups excluding carboxylic acids is 1. The third-order valence-electron chi connectivity index (χ3n) is 2.40. The van der Waals surface area contributed by atoms with E-state index in [0.29, 0.717) is 5.56 Å². The highest BCUT2D eigenvalue weighted by Gasteiger charge is 2.24. The van der Waals surface area contributed by atoms with Gasteiger partial charge in [0, 0.05) is 5.56 Å². The first-order valence-corrected chi connectivity index (χ1v) is 4.96. The van der Waals surface area contributed by atoms with Gasteiger partial charge < -0.3 is 9.84 Å². The van der Waals surface area contributed by atoms with Crippen molar-refractivity contribution in [1.82, 2.24) is 0 Å². The largest absolute Gasteiger partial charge is 0.469 e. The number of carbonyl (C=O) groups is 1. The van der Waals surface area contributed by atoms with Crippen LogP contribution in [-0.2, 0) is 9.53 Å². The molecule has 17 heavy (non-hydrogen) atoms. The number of esters is 1. The number of hydrogen-bond donors (Lipinski definition) is 1. The number of methoxy groups -OCH3 is 1. The quantitative estimate of drug-likeness (QED) is 0.488. The topological polar surface area (TPSA) is 89.7 Å². The van der Waals surface area contributed by atoms with E-state index < -0.39 is 17.0 Å². The predicted octanol–water partition coefficient (Wildman–Crippen LogP) is 1.50. The predicted molar refractivity (Wildman–Crippen MR) is 59.4 cm³/mol. The van der Waals surface area contributed by atoms with Crippen LogP contribution in [0.1, 0.15) is 23.7 Å². The Kier molecular flexibility index (Phi) is 4.17. The molecule has 0 aromatic heterocycles. The number of rotatable bonds is 4. The van der Waals surface area contributed by atoms with Crippen molar-refractivity contribution in [2.24, 2.45) is 0 Å². The van der Waals surface area contributed by atoms with Crippen molar-refractivity contribution in [3.8, 4) is 0 Å². The fourth-order valence-electron chi connectivity index (χ4n) is 1.55. The molecule has 6 nitrogen and oxygen atoms in total. The summed E-state index contributed by atoms with van der Waals surface area (Å²) >= 11 is 0. The number of benzene rings is 1. The second-order valence-corrected chi connectivity index (χ2v) is 3.57. The van der Waals surface area contributed by atoms with E-state index in [9.17, 15) is 20.0 Å². The maximum absolute atomic E-state index is 11.0. The monoisotopic (exact) mass is 239 g/mol. The van der Waals surface area contributed by atoms with Gasteiger partial charge in [0.25, 0.3) is 5.69 Å². The normalized spacial score (nSPS) is 11.9. The Hall–Kier alpha value is -1.95. The number of nitrogens with zero attached hydrogens (tertiary/aromatic N) is 1. The van der Waals surface area contributed by atoms with Gasteiger partial charge in [0.1, 0.15) is 0 Å². The molecule has 0 saturated carbocycles. The fraction of sp³-hybridized carbons (Fsp3) is 0.364. The van der Waals surface area contributed by atoms with Crippen LogP contribution in [0.3, 0.4) is 0 Å². The molecule has 0 saturated heterocycles. The number of ether oxygens (including phenoxy) is 1. The molecule has 0 heterocycles. The summed E-state index contributed by atoms with van der Waals surface area (Å²) in [6.45, 7) is 1.58. The van der Waals surface area contributed by atoms with Crippen molar-refractivity contribution in [1.29, 1.82) is 0 Å². The Labute approximate surface area is 98.0 Å². The molecule has 0 amide bonds. The average molecular weight is 239 g/mol. The minimum atomic E-state index is -1.23. The standard InChI is InChI=1S/C11H13NO5/c1-7-4-3-5-8(11(7)12(15)16)9(13)6-10(14)17-2/h3-5,9,13H,6H2,1-2H3. The van der Waals surface area contributed by atoms with Crippen LogP contribution in [0, 0.1) is 17.0 Å². The van der Waals surface area contributed by atoms with Gasteiger partial charge in [0.2, 0.25) is 0 Å². The van der Waals surface area contributed by atoms with Crippen molar-refractivity contribution in [2.45, 2.75) is 19.4 Å². The molecule has 92 valence electrons. The highest BCUT2D eigenvalue weighted by atomic mass is 16.6. The van der Waals surface area contributed by atoms with Gasteiger partial charge in [-0.25, -0.2) is 0 Å². The number of aliphatic hydroxyl groups is 1. The SMILES string of the molecule is COC(=O)CC(O)c1cccc(C)c1[N+](=O)[O-]. The van der Waals surface area contributed by atoms with Crippen molar-refractivity contribution < 1.29 is 19.6 Å². The second kappa shape index (κ2) is 5.40. The average Bonchev–Trinajstić information content (AvgIpc) is 2.27. The van der Waals surface area contributed by atoms with E-state index >= 15 is 0 Å². The molecular weight excluding hydrogens is 226 g/mol. The molecule has 1 aromatic carbocycles. The molecule has 0 aliphatic heterocycles. The molecule has 0 radical (unpaired) electrons. The lowest BCUT2D eigenvalue weighted by molar-refractivity contribution is -0.386. The summed E-state index contributed by atoms with van der Waals surface area (Å²) in [5.41, 5.74) is 0.403. The highest BCUT2D eigenvalue weighted by molar-refractivity contribution is 5.70. The highest BCUT2D eigenvalue weighted by Crippen LogP contribution is 2.30. The Balaban J connectivity index is 3.09. The van der Waals surface area contributed by atoms with Crippen LogP contribution < -0.4 is 0 Å². The lowest BCUT2D eigenvalue weighted by Gasteiger charge is -2.11. The van der Waals surface area contributed by atoms with E-state index in [0.717, 1.165) is 0 Å². The second-order valence-electron chi connectivity index (χ2n) is 3.57. The smallest absolute Gasteiger partial charge is 0.308 e. The molecule has 0 spiro atoms. The number of hydrogen-bond acceptors (Lipinski definition) is 5. The number of nitro benzene ring substituents is 1. The van der Waals surface area contributed by atoms with Crippen LogP contribution in [0.4, 0.5) is 5.69 Å². The summed E-state index contributed by atoms with van der Waals surface area (Å²) in [7, 11) is 1.19. The first kappa shape index (κ1) is 13.1. The zero-order valence-corrected chi connectivity index (χ0v) is 9.54. The van der Waals surface area contributed by atoms with E-state index in [-0.39, 0.29) is 17.7 Å². The van der Waals surface area contributed by atoms with Crippen LogP contribution >= 0.6 is 0 Å². The maximum Gasteiger partial charge on any atom is 0.308 e. The molecule has 6 heteroatoms. The molecule has 1 rings (SSSR count). The van der Waals surface area contributed by atoms with Gasteiger partial charge in [-0.05, 0) is 13.0 Å². The Bertz CT molecular complexity index is 443. The third-order valence-corrected chi connectivity index (χ3v) is 2.40. The van der Waals surface area contributed by atoms with Crippen molar-refractivity contribution in [2.75, 3.05) is 7.11 Å². The van der Waals surface area contributed by atoms with Gasteiger partial charge in [-0.3, -0.25) is 14.9 Å². The van der Waals surface area contributed by atoms with Gasteiger partial charge in [-0.1, -0.05) is 12.1 Å². The molecule has 1 unspecified atom stereocenters. The Morgan fingerprint density at radius 3 is 2.76 bits per heavy atom. The fourth-order valence-corrected chi connectivity index (χ4v) is 1.55. The van der Waals surface area contributed by atoms with E-state index in [4.69, 9.17) is 0 Å². The van der Waals surface area contributed by atoms with Gasteiger partial charge in [-0.2, -0.15) is 0 Å². The number of aliphatic hydroxyl groups excluding tert-OH is 1. The maximum atomic E-state index is 11.0. The van der Waals surface area contributed by atoms with Crippen molar-refractivity contribution in [3.05, 3.63) is 39.4 Å². The van der Waals surface area contributed by atoms with Gasteiger partial charge in [0.15, 0.2) is 0 Å². The van der Waals surface area contributed by atoms with E-state index in [1.54, 1.807) is 19.1 Å². The Morgan fingerprint density at radius 1 is 1.59 bits per heavy atom. The van der Waals surface area contributed by atoms with Crippen LogP contribution in [-0.4, -0.2) is 23.1 Å². The summed E-state index contributed by atoms with van der Waals surface area (Å²) in [4.78, 5) is 21.3. The first-order valence-electron chi connectivity index (χ1n) is 4.96. The van der Waals surface area contributed by atoms with Gasteiger partial charge in [-0.15, -0.1) is 0 Å². The Morgan fingerprint density at radius 2 is 2.24 bits per heavy atom. The number of nitro groups is 1. The summed E-state index contributed by atoms with van der Waals surface area (Å²) in [5, 5.41) is 20.7. The minimum Gasteiger partial charge on any atom is -0.469 e. The zero-order chi connectivity index (χ0) is 13.0. The van der Waals surface area contributed by atoms with E-state index in [1.165, 1.54) is 13.2 Å². The summed E-state index contributed by atoms with van der Waals surface area (Å²) in [5.74, 6) is -0.617. The van der Waals surface area contributed by atoms with E-state index in [2.05, 4.69) is 4.74 Å². The summed E-state index contributed by atoms with van der Waals surface area (Å²) < 4.78 is 4.40. The molecule has 0 aliphatic rings. The molecule has 1 N–H and O–H groups in total. The van der Waals surface area contributed by atoms with Crippen molar-refractivity contribution >= 4 is 11.7 Å². The zero-order valence-electron chi connectivity index (χ0n) is 9.54. The van der Waals surface area contributed by atoms with Crippen LogP contribution in [0.15, 0.2) is 18.2 Å². The number of para-hydroxylation sites is 1. The lowest BCUT2D eigenvalue weighted by atomic mass is 10.0. The van der Waals surface area contributed by atoms with Gasteiger partial charge >= 0.3 is 5.97 Å². The lowest BCUT2D eigenvalue weighted by Crippen LogP contribution is -2.10. The minimum absolute atomic E-state index is 0.125.